The third-order valence-corrected chi connectivity index (χ3v) is 7.05. The summed E-state index contributed by atoms with van der Waals surface area (Å²) in [5, 5.41) is -0.595. The molecule has 0 fully saturated rings. The van der Waals surface area contributed by atoms with E-state index in [4.69, 9.17) is 16.3 Å². The van der Waals surface area contributed by atoms with Gasteiger partial charge < -0.3 is 4.74 Å². The molecule has 17 heteroatoms. The van der Waals surface area contributed by atoms with E-state index in [2.05, 4.69) is 0 Å². The molecule has 1 amide bonds. The number of amides is 1. The van der Waals surface area contributed by atoms with Gasteiger partial charge in [0.1, 0.15) is 11.5 Å². The maximum Gasteiger partial charge on any atom is 0.431 e. The van der Waals surface area contributed by atoms with Crippen LogP contribution in [0, 0.1) is 5.82 Å². The Bertz CT molecular complexity index is 1470. The third kappa shape index (κ3) is 6.37. The van der Waals surface area contributed by atoms with Crippen LogP contribution in [0.3, 0.4) is 0 Å². The fourth-order valence-corrected chi connectivity index (χ4v) is 4.17. The molecule has 11 nitrogen and oxygen atoms in total. The Balaban J connectivity index is 2.45. The first-order valence-corrected chi connectivity index (χ1v) is 12.0. The van der Waals surface area contributed by atoms with Gasteiger partial charge in [-0.2, -0.15) is 25.9 Å². The molecule has 0 aliphatic heterocycles. The van der Waals surface area contributed by atoms with Crippen molar-refractivity contribution in [1.82, 2.24) is 18.2 Å². The van der Waals surface area contributed by atoms with Crippen molar-refractivity contribution in [2.24, 2.45) is 7.05 Å². The molecule has 1 heterocycles. The van der Waals surface area contributed by atoms with Gasteiger partial charge in [0.25, 0.3) is 11.5 Å². The van der Waals surface area contributed by atoms with E-state index >= 15 is 0 Å². The molecule has 0 aliphatic rings. The van der Waals surface area contributed by atoms with Gasteiger partial charge >= 0.3 is 28.0 Å². The fraction of sp³-hybridized carbons (Fsp3) is 0.400. The van der Waals surface area contributed by atoms with E-state index in [1.165, 1.54) is 20.9 Å². The molecular formula is C20H21ClF4N4O7S. The second-order valence-electron chi connectivity index (χ2n) is 7.95. The van der Waals surface area contributed by atoms with Gasteiger partial charge in [0.2, 0.25) is 0 Å². The van der Waals surface area contributed by atoms with E-state index < -0.39 is 79.4 Å². The molecule has 2 aromatic rings. The fourth-order valence-electron chi connectivity index (χ4n) is 2.82. The number of hydrogen-bond donors (Lipinski definition) is 1. The second-order valence-corrected chi connectivity index (χ2v) is 10.1. The summed E-state index contributed by atoms with van der Waals surface area (Å²) < 4.78 is 85.7. The number of ether oxygens (including phenoxy) is 1. The number of carbonyl (C=O) groups excluding carboxylic acids is 2. The number of alkyl halides is 3. The Morgan fingerprint density at radius 3 is 2.22 bits per heavy atom. The van der Waals surface area contributed by atoms with Crippen molar-refractivity contribution in [3.8, 4) is 5.69 Å². The number of halogens is 5. The van der Waals surface area contributed by atoms with Crippen LogP contribution in [0.4, 0.5) is 17.6 Å². The van der Waals surface area contributed by atoms with Crippen LogP contribution in [-0.2, 0) is 33.0 Å². The predicted molar refractivity (Wildman–Crippen MR) is 122 cm³/mol. The molecule has 0 saturated carbocycles. The van der Waals surface area contributed by atoms with Crippen molar-refractivity contribution in [3.63, 3.8) is 0 Å². The van der Waals surface area contributed by atoms with E-state index in [1.54, 1.807) is 4.72 Å². The molecule has 0 unspecified atom stereocenters. The first-order valence-electron chi connectivity index (χ1n) is 10.2. The molecule has 2 rings (SSSR count). The molecular weight excluding hydrogens is 552 g/mol. The monoisotopic (exact) mass is 572 g/mol. The highest BCUT2D eigenvalue weighted by Gasteiger charge is 2.35. The van der Waals surface area contributed by atoms with E-state index in [0.717, 1.165) is 11.2 Å². The number of nitrogens with zero attached hydrogens (tertiary/aromatic N) is 3. The maximum atomic E-state index is 14.6. The van der Waals surface area contributed by atoms with E-state index in [-0.39, 0.29) is 15.2 Å². The number of nitrogens with one attached hydrogen (secondary N) is 1. The van der Waals surface area contributed by atoms with Crippen molar-refractivity contribution in [1.29, 1.82) is 0 Å². The van der Waals surface area contributed by atoms with Crippen molar-refractivity contribution in [2.45, 2.75) is 39.1 Å². The molecule has 1 aromatic heterocycles. The number of aromatic nitrogens is 2. The Morgan fingerprint density at radius 2 is 1.70 bits per heavy atom. The van der Waals surface area contributed by atoms with Crippen molar-refractivity contribution in [3.05, 3.63) is 61.1 Å². The zero-order chi connectivity index (χ0) is 28.6. The van der Waals surface area contributed by atoms with Gasteiger partial charge in [-0.3, -0.25) is 14.2 Å². The molecule has 1 aromatic carbocycles. The summed E-state index contributed by atoms with van der Waals surface area (Å²) in [6, 6.07) is 0.628. The van der Waals surface area contributed by atoms with Crippen LogP contribution >= 0.6 is 11.6 Å². The van der Waals surface area contributed by atoms with Gasteiger partial charge in [0.15, 0.2) is 6.10 Å². The van der Waals surface area contributed by atoms with Gasteiger partial charge in [-0.1, -0.05) is 11.6 Å². The highest BCUT2D eigenvalue weighted by molar-refractivity contribution is 7.87. The van der Waals surface area contributed by atoms with Gasteiger partial charge in [-0.15, -0.1) is 0 Å². The molecule has 0 saturated heterocycles. The minimum atomic E-state index is -5.06. The largest absolute Gasteiger partial charge is 0.449 e. The number of hydrogen-bond acceptors (Lipinski definition) is 7. The van der Waals surface area contributed by atoms with Crippen LogP contribution in [0.15, 0.2) is 27.8 Å². The highest BCUT2D eigenvalue weighted by Crippen LogP contribution is 2.28. The standard InChI is InChI=1S/C20H21ClF4N4O7S/c1-9(2)28(5)37(34,35)26-17(31)10(3)36-18(32)11-6-14(13(22)7-12(11)21)29-16(30)8-15(20(23,24)25)27(4)19(29)33/h6-10H,1-5H3,(H,26,31)/t10-/m0/s1. The second kappa shape index (κ2) is 10.6. The lowest BCUT2D eigenvalue weighted by molar-refractivity contribution is -0.144. The number of rotatable bonds is 7. The third-order valence-electron chi connectivity index (χ3n) is 5.10. The summed E-state index contributed by atoms with van der Waals surface area (Å²) in [5.74, 6) is -3.97. The molecule has 0 radical (unpaired) electrons. The Morgan fingerprint density at radius 1 is 1.14 bits per heavy atom. The van der Waals surface area contributed by atoms with E-state index in [0.29, 0.717) is 19.2 Å². The molecule has 0 spiro atoms. The van der Waals surface area contributed by atoms with Gasteiger partial charge in [-0.25, -0.2) is 23.3 Å². The maximum absolute atomic E-state index is 14.6. The van der Waals surface area contributed by atoms with E-state index in [9.17, 15) is 45.2 Å². The zero-order valence-electron chi connectivity index (χ0n) is 19.9. The van der Waals surface area contributed by atoms with Crippen molar-refractivity contribution >= 4 is 33.7 Å². The van der Waals surface area contributed by atoms with Crippen molar-refractivity contribution in [2.75, 3.05) is 7.05 Å². The lowest BCUT2D eigenvalue weighted by atomic mass is 10.2. The smallest absolute Gasteiger partial charge is 0.431 e. The van der Waals surface area contributed by atoms with Gasteiger partial charge in [0, 0.05) is 26.2 Å². The SMILES string of the molecule is CC(C)N(C)S(=O)(=O)NC(=O)[C@H](C)OC(=O)c1cc(-n2c(=O)cc(C(F)(F)F)n(C)c2=O)c(F)cc1Cl. The van der Waals surface area contributed by atoms with Gasteiger partial charge in [0.05, 0.1) is 16.3 Å². The summed E-state index contributed by atoms with van der Waals surface area (Å²) in [6.07, 6.45) is -6.78. The molecule has 0 aliphatic carbocycles. The molecule has 1 N–H and O–H groups in total. The zero-order valence-corrected chi connectivity index (χ0v) is 21.5. The number of esters is 1. The Kier molecular flexibility index (Phi) is 8.61. The first-order chi connectivity index (χ1) is 16.8. The molecule has 1 atom stereocenters. The first kappa shape index (κ1) is 30.0. The van der Waals surface area contributed by atoms with Crippen LogP contribution in [-0.4, -0.2) is 52.9 Å². The summed E-state index contributed by atoms with van der Waals surface area (Å²) in [5.41, 5.74) is -6.32. The molecule has 204 valence electrons. The molecule has 37 heavy (non-hydrogen) atoms. The van der Waals surface area contributed by atoms with Crippen molar-refractivity contribution < 1.29 is 40.3 Å². The summed E-state index contributed by atoms with van der Waals surface area (Å²) in [4.78, 5) is 49.6. The lowest BCUT2D eigenvalue weighted by Crippen LogP contribution is -2.47. The predicted octanol–water partition coefficient (Wildman–Crippen LogP) is 1.59. The van der Waals surface area contributed by atoms with Crippen LogP contribution in [0.2, 0.25) is 5.02 Å². The summed E-state index contributed by atoms with van der Waals surface area (Å²) in [6.45, 7) is 4.10. The van der Waals surface area contributed by atoms with Crippen LogP contribution in [0.25, 0.3) is 5.69 Å². The van der Waals surface area contributed by atoms with Crippen LogP contribution in [0.5, 0.6) is 0 Å². The lowest BCUT2D eigenvalue weighted by Gasteiger charge is -2.22. The average molecular weight is 573 g/mol. The Hall–Kier alpha value is -3.24. The number of carbonyl (C=O) groups is 2. The van der Waals surface area contributed by atoms with E-state index in [1.807, 2.05) is 0 Å². The molecule has 0 bridgehead atoms. The average Bonchev–Trinajstić information content (AvgIpc) is 2.75. The minimum absolute atomic E-state index is 0.0438. The quantitative estimate of drug-likeness (QED) is 0.393. The summed E-state index contributed by atoms with van der Waals surface area (Å²) in [7, 11) is -2.37. The van der Waals surface area contributed by atoms with Gasteiger partial charge in [-0.05, 0) is 32.9 Å². The minimum Gasteiger partial charge on any atom is -0.449 e. The van der Waals surface area contributed by atoms with Crippen LogP contribution < -0.4 is 16.0 Å². The highest BCUT2D eigenvalue weighted by atomic mass is 35.5. The summed E-state index contributed by atoms with van der Waals surface area (Å²) >= 11 is 5.86. The van der Waals surface area contributed by atoms with Crippen LogP contribution in [0.1, 0.15) is 36.8 Å². The number of benzene rings is 1. The Labute approximate surface area is 212 Å². The normalized spacial score (nSPS) is 13.1. The topological polar surface area (TPSA) is 137 Å².